The van der Waals surface area contributed by atoms with Gasteiger partial charge in [-0.15, -0.1) is 0 Å². The zero-order valence-corrected chi connectivity index (χ0v) is 9.63. The normalized spacial score (nSPS) is 28.2. The largest absolute Gasteiger partial charge is 0.449 e. The van der Waals surface area contributed by atoms with Crippen molar-refractivity contribution in [1.82, 2.24) is 5.32 Å². The molecule has 1 aromatic rings. The van der Waals surface area contributed by atoms with Crippen molar-refractivity contribution >= 4 is 21.9 Å². The lowest BCUT2D eigenvalue weighted by Crippen LogP contribution is -2.28. The van der Waals surface area contributed by atoms with Gasteiger partial charge in [0.05, 0.1) is 5.56 Å². The number of hydrogen-bond acceptors (Lipinski definition) is 3. The van der Waals surface area contributed by atoms with E-state index in [0.717, 1.165) is 29.5 Å². The first-order chi connectivity index (χ1) is 7.21. The van der Waals surface area contributed by atoms with Gasteiger partial charge in [-0.3, -0.25) is 0 Å². The summed E-state index contributed by atoms with van der Waals surface area (Å²) in [6.07, 6.45) is 0.868. The molecule has 2 aliphatic rings. The Labute approximate surface area is 95.9 Å². The summed E-state index contributed by atoms with van der Waals surface area (Å²) in [5, 5.41) is 3.24. The van der Waals surface area contributed by atoms with Crippen LogP contribution in [0, 0.1) is 0 Å². The maximum absolute atomic E-state index is 11.7. The second-order valence-electron chi connectivity index (χ2n) is 4.00. The molecule has 15 heavy (non-hydrogen) atoms. The highest BCUT2D eigenvalue weighted by Gasteiger charge is 2.47. The lowest BCUT2D eigenvalue weighted by molar-refractivity contribution is 0.00164. The summed E-state index contributed by atoms with van der Waals surface area (Å²) in [4.78, 5) is 11.7. The third-order valence-electron chi connectivity index (χ3n) is 3.10. The van der Waals surface area contributed by atoms with Crippen molar-refractivity contribution in [3.05, 3.63) is 33.8 Å². The SMILES string of the molecule is O=C1OC2(CCNC2)c2ccc(Br)cc21. The molecule has 4 heteroatoms. The van der Waals surface area contributed by atoms with Crippen molar-refractivity contribution in [3.63, 3.8) is 0 Å². The van der Waals surface area contributed by atoms with Crippen LogP contribution >= 0.6 is 15.9 Å². The molecule has 1 spiro atoms. The molecule has 1 saturated heterocycles. The molecule has 3 nitrogen and oxygen atoms in total. The number of halogens is 1. The van der Waals surface area contributed by atoms with Gasteiger partial charge in [-0.05, 0) is 18.7 Å². The first-order valence-electron chi connectivity index (χ1n) is 4.95. The Balaban J connectivity index is 2.17. The predicted molar refractivity (Wildman–Crippen MR) is 58.7 cm³/mol. The molecule has 0 radical (unpaired) electrons. The van der Waals surface area contributed by atoms with Crippen LogP contribution in [0.4, 0.5) is 0 Å². The number of ether oxygens (including phenoxy) is 1. The van der Waals surface area contributed by atoms with Gasteiger partial charge in [-0.2, -0.15) is 0 Å². The van der Waals surface area contributed by atoms with E-state index in [0.29, 0.717) is 5.56 Å². The zero-order chi connectivity index (χ0) is 10.5. The van der Waals surface area contributed by atoms with Gasteiger partial charge >= 0.3 is 5.97 Å². The van der Waals surface area contributed by atoms with Crippen LogP contribution in [0.25, 0.3) is 0 Å². The second-order valence-corrected chi connectivity index (χ2v) is 4.92. The van der Waals surface area contributed by atoms with Crippen LogP contribution in [0.3, 0.4) is 0 Å². The highest BCUT2D eigenvalue weighted by molar-refractivity contribution is 9.10. The van der Waals surface area contributed by atoms with Gasteiger partial charge in [-0.1, -0.05) is 22.0 Å². The fraction of sp³-hybridized carbons (Fsp3) is 0.364. The molecular weight excluding hydrogens is 258 g/mol. The van der Waals surface area contributed by atoms with Gasteiger partial charge in [0.15, 0.2) is 5.60 Å². The quantitative estimate of drug-likeness (QED) is 0.729. The highest BCUT2D eigenvalue weighted by Crippen LogP contribution is 2.41. The number of carbonyl (C=O) groups is 1. The van der Waals surface area contributed by atoms with E-state index in [9.17, 15) is 4.79 Å². The number of hydrogen-bond donors (Lipinski definition) is 1. The van der Waals surface area contributed by atoms with Gasteiger partial charge in [0, 0.05) is 23.0 Å². The van der Waals surface area contributed by atoms with E-state index in [-0.39, 0.29) is 5.97 Å². The predicted octanol–water partition coefficient (Wildman–Crippen LogP) is 1.81. The molecule has 1 N–H and O–H groups in total. The van der Waals surface area contributed by atoms with E-state index in [4.69, 9.17) is 4.74 Å². The number of benzene rings is 1. The molecule has 1 fully saturated rings. The smallest absolute Gasteiger partial charge is 0.339 e. The molecule has 2 heterocycles. The Hall–Kier alpha value is -0.870. The summed E-state index contributed by atoms with van der Waals surface area (Å²) in [6.45, 7) is 1.64. The Morgan fingerprint density at radius 3 is 3.07 bits per heavy atom. The zero-order valence-electron chi connectivity index (χ0n) is 8.05. The average molecular weight is 268 g/mol. The molecule has 1 atom stereocenters. The van der Waals surface area contributed by atoms with Gasteiger partial charge in [-0.25, -0.2) is 4.79 Å². The van der Waals surface area contributed by atoms with Crippen LogP contribution in [-0.4, -0.2) is 19.1 Å². The molecular formula is C11H10BrNO2. The Kier molecular flexibility index (Phi) is 1.91. The number of carbonyl (C=O) groups excluding carboxylic acids is 1. The van der Waals surface area contributed by atoms with E-state index >= 15 is 0 Å². The topological polar surface area (TPSA) is 38.3 Å². The van der Waals surface area contributed by atoms with Crippen LogP contribution in [0.5, 0.6) is 0 Å². The fourth-order valence-electron chi connectivity index (χ4n) is 2.36. The monoisotopic (exact) mass is 267 g/mol. The van der Waals surface area contributed by atoms with Crippen molar-refractivity contribution in [2.24, 2.45) is 0 Å². The molecule has 1 aromatic carbocycles. The summed E-state index contributed by atoms with van der Waals surface area (Å²) in [5.74, 6) is -0.199. The Morgan fingerprint density at radius 2 is 2.33 bits per heavy atom. The van der Waals surface area contributed by atoms with E-state index in [2.05, 4.69) is 21.2 Å². The number of fused-ring (bicyclic) bond motifs is 2. The number of esters is 1. The molecule has 0 aromatic heterocycles. The number of rotatable bonds is 0. The molecule has 1 unspecified atom stereocenters. The molecule has 0 bridgehead atoms. The maximum atomic E-state index is 11.7. The Bertz CT molecular complexity index is 438. The van der Waals surface area contributed by atoms with E-state index in [1.165, 1.54) is 0 Å². The van der Waals surface area contributed by atoms with Crippen molar-refractivity contribution in [2.45, 2.75) is 12.0 Å². The minimum atomic E-state index is -0.396. The third kappa shape index (κ3) is 1.25. The minimum Gasteiger partial charge on any atom is -0.449 e. The van der Waals surface area contributed by atoms with Crippen molar-refractivity contribution in [3.8, 4) is 0 Å². The highest BCUT2D eigenvalue weighted by atomic mass is 79.9. The second kappa shape index (κ2) is 3.06. The van der Waals surface area contributed by atoms with Gasteiger partial charge in [0.1, 0.15) is 0 Å². The van der Waals surface area contributed by atoms with Gasteiger partial charge in [0.2, 0.25) is 0 Å². The summed E-state index contributed by atoms with van der Waals surface area (Å²) >= 11 is 3.37. The van der Waals surface area contributed by atoms with Gasteiger partial charge in [0.25, 0.3) is 0 Å². The summed E-state index contributed by atoms with van der Waals surface area (Å²) in [7, 11) is 0. The van der Waals surface area contributed by atoms with Crippen LogP contribution in [0.1, 0.15) is 22.3 Å². The summed E-state index contributed by atoms with van der Waals surface area (Å²) in [5.41, 5.74) is 1.33. The molecule has 0 aliphatic carbocycles. The van der Waals surface area contributed by atoms with Crippen LogP contribution in [0.15, 0.2) is 22.7 Å². The van der Waals surface area contributed by atoms with Crippen LogP contribution in [0.2, 0.25) is 0 Å². The summed E-state index contributed by atoms with van der Waals surface area (Å²) in [6, 6.07) is 5.78. The molecule has 3 rings (SSSR count). The Morgan fingerprint density at radius 1 is 1.47 bits per heavy atom. The van der Waals surface area contributed by atoms with Crippen molar-refractivity contribution in [1.29, 1.82) is 0 Å². The fourth-order valence-corrected chi connectivity index (χ4v) is 2.72. The maximum Gasteiger partial charge on any atom is 0.339 e. The van der Waals surface area contributed by atoms with E-state index in [1.807, 2.05) is 18.2 Å². The standard InChI is InChI=1S/C11H10BrNO2/c12-7-1-2-9-8(5-7)10(14)15-11(9)3-4-13-6-11/h1-2,5,13H,3-4,6H2. The lowest BCUT2D eigenvalue weighted by atomic mass is 9.92. The van der Waals surface area contributed by atoms with Crippen LogP contribution < -0.4 is 5.32 Å². The van der Waals surface area contributed by atoms with Crippen molar-refractivity contribution < 1.29 is 9.53 Å². The first kappa shape index (κ1) is 9.36. The number of nitrogens with one attached hydrogen (secondary N) is 1. The van der Waals surface area contributed by atoms with E-state index < -0.39 is 5.60 Å². The van der Waals surface area contributed by atoms with E-state index in [1.54, 1.807) is 0 Å². The third-order valence-corrected chi connectivity index (χ3v) is 3.59. The average Bonchev–Trinajstić information content (AvgIpc) is 2.76. The minimum absolute atomic E-state index is 0.199. The summed E-state index contributed by atoms with van der Waals surface area (Å²) < 4.78 is 6.43. The van der Waals surface area contributed by atoms with Crippen LogP contribution in [-0.2, 0) is 10.3 Å². The lowest BCUT2D eigenvalue weighted by Gasteiger charge is -2.21. The molecule has 2 aliphatic heterocycles. The molecule has 0 saturated carbocycles. The molecule has 78 valence electrons. The van der Waals surface area contributed by atoms with Crippen molar-refractivity contribution in [2.75, 3.05) is 13.1 Å². The first-order valence-corrected chi connectivity index (χ1v) is 5.75. The van der Waals surface area contributed by atoms with Gasteiger partial charge < -0.3 is 10.1 Å². The molecule has 0 amide bonds.